The van der Waals surface area contributed by atoms with Gasteiger partial charge in [-0.1, -0.05) is 27.7 Å². The molecule has 1 saturated heterocycles. The molecule has 1 aliphatic rings. The zero-order valence-electron chi connectivity index (χ0n) is 10.7. The van der Waals surface area contributed by atoms with Gasteiger partial charge in [0.25, 0.3) is 0 Å². The Hall–Kier alpha value is -0.110. The summed E-state index contributed by atoms with van der Waals surface area (Å²) in [6.07, 6.45) is 3.17. The minimum absolute atomic E-state index is 0.557. The molecule has 0 amide bonds. The molecule has 0 saturated carbocycles. The van der Waals surface area contributed by atoms with Crippen LogP contribution in [-0.2, 0) is 0 Å². The monoisotopic (exact) mass is 215 g/mol. The Labute approximate surface area is 94.0 Å². The van der Waals surface area contributed by atoms with Crippen molar-refractivity contribution >= 4 is 0 Å². The van der Waals surface area contributed by atoms with E-state index in [1.54, 1.807) is 0 Å². The molecule has 1 fully saturated rings. The van der Waals surface area contributed by atoms with Crippen molar-refractivity contribution in [3.05, 3.63) is 0 Å². The summed E-state index contributed by atoms with van der Waals surface area (Å²) in [5.41, 5.74) is 0. The van der Waals surface area contributed by atoms with E-state index in [9.17, 15) is 4.39 Å². The van der Waals surface area contributed by atoms with Gasteiger partial charge in [-0.15, -0.1) is 0 Å². The van der Waals surface area contributed by atoms with Gasteiger partial charge in [-0.25, -0.2) is 4.39 Å². The first-order valence-electron chi connectivity index (χ1n) is 6.37. The zero-order chi connectivity index (χ0) is 11.4. The highest BCUT2D eigenvalue weighted by atomic mass is 19.1. The number of likely N-dealkylation sites (tertiary alicyclic amines) is 1. The second-order valence-corrected chi connectivity index (χ2v) is 5.81. The van der Waals surface area contributed by atoms with Gasteiger partial charge >= 0.3 is 0 Å². The SMILES string of the molecule is CC(C)CCC(CC(C)C)N1CC(F)C1. The van der Waals surface area contributed by atoms with E-state index >= 15 is 0 Å². The van der Waals surface area contributed by atoms with Crippen molar-refractivity contribution in [2.45, 2.75) is 59.2 Å². The van der Waals surface area contributed by atoms with E-state index < -0.39 is 6.17 Å². The molecule has 1 aliphatic heterocycles. The van der Waals surface area contributed by atoms with Crippen molar-refractivity contribution in [2.75, 3.05) is 13.1 Å². The fourth-order valence-corrected chi connectivity index (χ4v) is 2.27. The van der Waals surface area contributed by atoms with Gasteiger partial charge < -0.3 is 0 Å². The number of hydrogen-bond donors (Lipinski definition) is 0. The normalized spacial score (nSPS) is 21.0. The highest BCUT2D eigenvalue weighted by Gasteiger charge is 2.32. The van der Waals surface area contributed by atoms with Crippen LogP contribution in [0.3, 0.4) is 0 Å². The predicted octanol–water partition coefficient (Wildman–Crippen LogP) is 3.49. The Bertz CT molecular complexity index is 173. The summed E-state index contributed by atoms with van der Waals surface area (Å²) in [4.78, 5) is 2.33. The van der Waals surface area contributed by atoms with Gasteiger partial charge in [0, 0.05) is 19.1 Å². The average Bonchev–Trinajstić information content (AvgIpc) is 2.06. The molecule has 90 valence electrons. The van der Waals surface area contributed by atoms with E-state index in [1.807, 2.05) is 0 Å². The van der Waals surface area contributed by atoms with E-state index in [0.717, 1.165) is 11.8 Å². The Kier molecular flexibility index (Phi) is 5.04. The van der Waals surface area contributed by atoms with Gasteiger partial charge in [0.1, 0.15) is 6.17 Å². The number of hydrogen-bond acceptors (Lipinski definition) is 1. The van der Waals surface area contributed by atoms with Crippen molar-refractivity contribution < 1.29 is 4.39 Å². The molecule has 15 heavy (non-hydrogen) atoms. The van der Waals surface area contributed by atoms with Crippen LogP contribution in [0.5, 0.6) is 0 Å². The number of rotatable bonds is 6. The molecule has 0 aromatic rings. The second kappa shape index (κ2) is 5.83. The van der Waals surface area contributed by atoms with Gasteiger partial charge in [-0.3, -0.25) is 4.90 Å². The topological polar surface area (TPSA) is 3.24 Å². The molecule has 1 nitrogen and oxygen atoms in total. The van der Waals surface area contributed by atoms with Crippen LogP contribution in [0.25, 0.3) is 0 Å². The van der Waals surface area contributed by atoms with Crippen molar-refractivity contribution in [3.63, 3.8) is 0 Å². The molecule has 1 heterocycles. The highest BCUT2D eigenvalue weighted by Crippen LogP contribution is 2.24. The van der Waals surface area contributed by atoms with Crippen LogP contribution in [0.2, 0.25) is 0 Å². The van der Waals surface area contributed by atoms with Crippen LogP contribution < -0.4 is 0 Å². The third-order valence-electron chi connectivity index (χ3n) is 3.20. The standard InChI is InChI=1S/C13H26FN/c1-10(2)5-6-13(7-11(3)4)15-8-12(14)9-15/h10-13H,5-9H2,1-4H3. The van der Waals surface area contributed by atoms with Gasteiger partial charge in [-0.05, 0) is 31.1 Å². The second-order valence-electron chi connectivity index (χ2n) is 5.81. The molecule has 2 heteroatoms. The quantitative estimate of drug-likeness (QED) is 0.655. The van der Waals surface area contributed by atoms with E-state index in [-0.39, 0.29) is 0 Å². The van der Waals surface area contributed by atoms with Crippen molar-refractivity contribution in [2.24, 2.45) is 11.8 Å². The lowest BCUT2D eigenvalue weighted by Crippen LogP contribution is -2.53. The molecule has 0 aromatic heterocycles. The molecule has 0 spiro atoms. The summed E-state index contributed by atoms with van der Waals surface area (Å²) in [6.45, 7) is 10.4. The fourth-order valence-electron chi connectivity index (χ4n) is 2.27. The van der Waals surface area contributed by atoms with Gasteiger partial charge in [0.15, 0.2) is 0 Å². The number of nitrogens with zero attached hydrogens (tertiary/aromatic N) is 1. The number of halogens is 1. The Balaban J connectivity index is 2.32. The summed E-state index contributed by atoms with van der Waals surface area (Å²) < 4.78 is 12.8. The molecule has 1 atom stereocenters. The van der Waals surface area contributed by atoms with Crippen molar-refractivity contribution in [1.29, 1.82) is 0 Å². The maximum atomic E-state index is 12.8. The third kappa shape index (κ3) is 4.50. The number of alkyl halides is 1. The van der Waals surface area contributed by atoms with Gasteiger partial charge in [-0.2, -0.15) is 0 Å². The Morgan fingerprint density at radius 2 is 1.67 bits per heavy atom. The van der Waals surface area contributed by atoms with Crippen molar-refractivity contribution in [1.82, 2.24) is 4.90 Å². The minimum atomic E-state index is -0.557. The summed E-state index contributed by atoms with van der Waals surface area (Å²) in [5.74, 6) is 1.49. The molecule has 0 N–H and O–H groups in total. The van der Waals surface area contributed by atoms with Crippen LogP contribution >= 0.6 is 0 Å². The lowest BCUT2D eigenvalue weighted by Gasteiger charge is -2.41. The average molecular weight is 215 g/mol. The van der Waals surface area contributed by atoms with E-state index in [0.29, 0.717) is 19.1 Å². The molecule has 0 aliphatic carbocycles. The van der Waals surface area contributed by atoms with Crippen LogP contribution in [0.4, 0.5) is 4.39 Å². The lowest BCUT2D eigenvalue weighted by molar-refractivity contribution is 0.0150. The summed E-state index contributed by atoms with van der Waals surface area (Å²) in [5, 5.41) is 0. The fraction of sp³-hybridized carbons (Fsp3) is 1.00. The minimum Gasteiger partial charge on any atom is -0.295 e. The molecule has 1 rings (SSSR count). The van der Waals surface area contributed by atoms with Crippen LogP contribution in [0.1, 0.15) is 47.0 Å². The Morgan fingerprint density at radius 3 is 2.07 bits per heavy atom. The van der Waals surface area contributed by atoms with Crippen LogP contribution in [0.15, 0.2) is 0 Å². The summed E-state index contributed by atoms with van der Waals surface area (Å²) in [6, 6.07) is 0.624. The first-order chi connectivity index (χ1) is 6.99. The van der Waals surface area contributed by atoms with Gasteiger partial charge in [0.2, 0.25) is 0 Å². The molecule has 0 aromatic carbocycles. The first-order valence-corrected chi connectivity index (χ1v) is 6.37. The smallest absolute Gasteiger partial charge is 0.125 e. The lowest BCUT2D eigenvalue weighted by atomic mass is 9.93. The van der Waals surface area contributed by atoms with Crippen molar-refractivity contribution in [3.8, 4) is 0 Å². The molecular formula is C13H26FN. The summed E-state index contributed by atoms with van der Waals surface area (Å²) >= 11 is 0. The maximum Gasteiger partial charge on any atom is 0.125 e. The third-order valence-corrected chi connectivity index (χ3v) is 3.20. The largest absolute Gasteiger partial charge is 0.295 e. The van der Waals surface area contributed by atoms with E-state index in [1.165, 1.54) is 19.3 Å². The van der Waals surface area contributed by atoms with Gasteiger partial charge in [0.05, 0.1) is 0 Å². The zero-order valence-corrected chi connectivity index (χ0v) is 10.7. The van der Waals surface area contributed by atoms with Crippen LogP contribution in [-0.4, -0.2) is 30.2 Å². The first kappa shape index (κ1) is 13.0. The van der Waals surface area contributed by atoms with E-state index in [4.69, 9.17) is 0 Å². The van der Waals surface area contributed by atoms with Crippen LogP contribution in [0, 0.1) is 11.8 Å². The predicted molar refractivity (Wildman–Crippen MR) is 63.8 cm³/mol. The highest BCUT2D eigenvalue weighted by molar-refractivity contribution is 4.86. The van der Waals surface area contributed by atoms with E-state index in [2.05, 4.69) is 32.6 Å². The molecule has 0 radical (unpaired) electrons. The Morgan fingerprint density at radius 1 is 1.07 bits per heavy atom. The maximum absolute atomic E-state index is 12.8. The molecule has 1 unspecified atom stereocenters. The summed E-state index contributed by atoms with van der Waals surface area (Å²) in [7, 11) is 0. The molecular weight excluding hydrogens is 189 g/mol. The molecule has 0 bridgehead atoms.